The van der Waals surface area contributed by atoms with Crippen LogP contribution in [0.1, 0.15) is 44.6 Å². The molecule has 1 saturated carbocycles. The van der Waals surface area contributed by atoms with Gasteiger partial charge in [0.15, 0.2) is 0 Å². The molecule has 0 aromatic heterocycles. The maximum Gasteiger partial charge on any atom is 0.103 e. The van der Waals surface area contributed by atoms with Crippen LogP contribution in [-0.2, 0) is 0 Å². The fourth-order valence-corrected chi connectivity index (χ4v) is 3.27. The minimum absolute atomic E-state index is 0.708. The van der Waals surface area contributed by atoms with E-state index < -0.39 is 0 Å². The summed E-state index contributed by atoms with van der Waals surface area (Å²) in [5.74, 6) is 1.78. The first-order chi connectivity index (χ1) is 9.20. The lowest BCUT2D eigenvalue weighted by molar-refractivity contribution is 0.282. The van der Waals surface area contributed by atoms with Crippen LogP contribution in [0.5, 0.6) is 0 Å². The summed E-state index contributed by atoms with van der Waals surface area (Å²) in [6.45, 7) is 3.32. The first-order valence-electron chi connectivity index (χ1n) is 7.13. The largest absolute Gasteiger partial charge is 0.384 e. The first kappa shape index (κ1) is 14.4. The second-order valence-electron chi connectivity index (χ2n) is 5.62. The Morgan fingerprint density at radius 1 is 1.32 bits per heavy atom. The molecule has 0 aliphatic heterocycles. The van der Waals surface area contributed by atoms with Crippen molar-refractivity contribution in [2.24, 2.45) is 11.8 Å². The number of rotatable bonds is 4. The standard InChI is InChI=1S/C16H21BrN2/c1-12-5-7-13(8-6-12)9-10-19-16-4-2-3-15(17)14(16)11-18/h2-4,12-13,19H,5-10H2,1H3. The van der Waals surface area contributed by atoms with E-state index in [4.69, 9.17) is 5.26 Å². The summed E-state index contributed by atoms with van der Waals surface area (Å²) < 4.78 is 0.867. The van der Waals surface area contributed by atoms with Gasteiger partial charge in [-0.25, -0.2) is 0 Å². The Kier molecular flexibility index (Phi) is 5.27. The Labute approximate surface area is 124 Å². The molecular weight excluding hydrogens is 300 g/mol. The van der Waals surface area contributed by atoms with Crippen LogP contribution in [-0.4, -0.2) is 6.54 Å². The van der Waals surface area contributed by atoms with E-state index in [1.54, 1.807) is 0 Å². The van der Waals surface area contributed by atoms with Crippen LogP contribution >= 0.6 is 15.9 Å². The molecule has 1 aromatic carbocycles. The SMILES string of the molecule is CC1CCC(CCNc2cccc(Br)c2C#N)CC1. The minimum atomic E-state index is 0.708. The number of nitrogens with zero attached hydrogens (tertiary/aromatic N) is 1. The van der Waals surface area contributed by atoms with Gasteiger partial charge in [0, 0.05) is 11.0 Å². The molecule has 1 aliphatic carbocycles. The van der Waals surface area contributed by atoms with Gasteiger partial charge in [0.05, 0.1) is 11.3 Å². The van der Waals surface area contributed by atoms with Crippen molar-refractivity contribution in [1.29, 1.82) is 5.26 Å². The van der Waals surface area contributed by atoms with Crippen LogP contribution in [0.3, 0.4) is 0 Å². The first-order valence-corrected chi connectivity index (χ1v) is 7.92. The summed E-state index contributed by atoms with van der Waals surface area (Å²) in [5.41, 5.74) is 1.65. The Hall–Kier alpha value is -1.01. The van der Waals surface area contributed by atoms with Crippen molar-refractivity contribution in [2.75, 3.05) is 11.9 Å². The molecule has 19 heavy (non-hydrogen) atoms. The summed E-state index contributed by atoms with van der Waals surface area (Å²) in [5, 5.41) is 12.6. The van der Waals surface area contributed by atoms with E-state index >= 15 is 0 Å². The Bertz CT molecular complexity index is 456. The van der Waals surface area contributed by atoms with Gasteiger partial charge in [0.1, 0.15) is 6.07 Å². The van der Waals surface area contributed by atoms with Gasteiger partial charge in [0.25, 0.3) is 0 Å². The van der Waals surface area contributed by atoms with Gasteiger partial charge >= 0.3 is 0 Å². The van der Waals surface area contributed by atoms with Gasteiger partial charge in [-0.2, -0.15) is 5.26 Å². The maximum atomic E-state index is 9.16. The maximum absolute atomic E-state index is 9.16. The summed E-state index contributed by atoms with van der Waals surface area (Å²) in [7, 11) is 0. The van der Waals surface area contributed by atoms with Crippen LogP contribution in [0.4, 0.5) is 5.69 Å². The van der Waals surface area contributed by atoms with E-state index in [2.05, 4.69) is 34.2 Å². The van der Waals surface area contributed by atoms with Crippen molar-refractivity contribution in [3.05, 3.63) is 28.2 Å². The molecule has 1 aliphatic rings. The van der Waals surface area contributed by atoms with E-state index in [-0.39, 0.29) is 0 Å². The van der Waals surface area contributed by atoms with Crippen molar-refractivity contribution in [3.63, 3.8) is 0 Å². The number of hydrogen-bond acceptors (Lipinski definition) is 2. The van der Waals surface area contributed by atoms with Crippen molar-refractivity contribution < 1.29 is 0 Å². The molecule has 0 spiro atoms. The van der Waals surface area contributed by atoms with Gasteiger partial charge in [-0.15, -0.1) is 0 Å². The number of halogens is 1. The summed E-state index contributed by atoms with van der Waals surface area (Å²) in [6.07, 6.45) is 6.71. The predicted octanol–water partition coefficient (Wildman–Crippen LogP) is 4.95. The fraction of sp³-hybridized carbons (Fsp3) is 0.562. The van der Waals surface area contributed by atoms with E-state index in [9.17, 15) is 0 Å². The molecule has 1 fully saturated rings. The zero-order valence-corrected chi connectivity index (χ0v) is 13.0. The Balaban J connectivity index is 1.83. The zero-order chi connectivity index (χ0) is 13.7. The summed E-state index contributed by atoms with van der Waals surface area (Å²) >= 11 is 3.42. The number of nitrogens with one attached hydrogen (secondary N) is 1. The molecule has 0 atom stereocenters. The molecule has 0 radical (unpaired) electrons. The molecule has 0 saturated heterocycles. The van der Waals surface area contributed by atoms with Crippen molar-refractivity contribution in [2.45, 2.75) is 39.0 Å². The van der Waals surface area contributed by atoms with Crippen LogP contribution in [0, 0.1) is 23.2 Å². The van der Waals surface area contributed by atoms with Gasteiger partial charge in [-0.3, -0.25) is 0 Å². The molecule has 2 rings (SSSR count). The second kappa shape index (κ2) is 6.96. The lowest BCUT2D eigenvalue weighted by Crippen LogP contribution is -2.16. The van der Waals surface area contributed by atoms with Crippen LogP contribution < -0.4 is 5.32 Å². The average molecular weight is 321 g/mol. The van der Waals surface area contributed by atoms with E-state index in [1.165, 1.54) is 32.1 Å². The molecular formula is C16H21BrN2. The Morgan fingerprint density at radius 3 is 2.74 bits per heavy atom. The predicted molar refractivity (Wildman–Crippen MR) is 83.1 cm³/mol. The molecule has 0 bridgehead atoms. The summed E-state index contributed by atoms with van der Waals surface area (Å²) in [6, 6.07) is 8.10. The highest BCUT2D eigenvalue weighted by atomic mass is 79.9. The molecule has 0 unspecified atom stereocenters. The van der Waals surface area contributed by atoms with Crippen molar-refractivity contribution in [3.8, 4) is 6.07 Å². The fourth-order valence-electron chi connectivity index (χ4n) is 2.81. The molecule has 1 aromatic rings. The molecule has 0 amide bonds. The highest BCUT2D eigenvalue weighted by molar-refractivity contribution is 9.10. The quantitative estimate of drug-likeness (QED) is 0.852. The zero-order valence-electron chi connectivity index (χ0n) is 11.5. The van der Waals surface area contributed by atoms with Gasteiger partial charge < -0.3 is 5.32 Å². The number of anilines is 1. The normalized spacial score (nSPS) is 22.8. The third kappa shape index (κ3) is 3.98. The molecule has 3 heteroatoms. The number of benzene rings is 1. The monoisotopic (exact) mass is 320 g/mol. The van der Waals surface area contributed by atoms with Crippen molar-refractivity contribution >= 4 is 21.6 Å². The third-order valence-electron chi connectivity index (χ3n) is 4.13. The average Bonchev–Trinajstić information content (AvgIpc) is 2.41. The van der Waals surface area contributed by atoms with Crippen LogP contribution in [0.2, 0.25) is 0 Å². The second-order valence-corrected chi connectivity index (χ2v) is 6.47. The number of hydrogen-bond donors (Lipinski definition) is 1. The molecule has 102 valence electrons. The lowest BCUT2D eigenvalue weighted by Gasteiger charge is -2.26. The topological polar surface area (TPSA) is 35.8 Å². The summed E-state index contributed by atoms with van der Waals surface area (Å²) in [4.78, 5) is 0. The lowest BCUT2D eigenvalue weighted by atomic mass is 9.81. The van der Waals surface area contributed by atoms with E-state index in [0.29, 0.717) is 5.56 Å². The molecule has 0 heterocycles. The van der Waals surface area contributed by atoms with E-state index in [1.807, 2.05) is 18.2 Å². The van der Waals surface area contributed by atoms with Crippen LogP contribution in [0.15, 0.2) is 22.7 Å². The third-order valence-corrected chi connectivity index (χ3v) is 4.79. The highest BCUT2D eigenvalue weighted by Gasteiger charge is 2.17. The van der Waals surface area contributed by atoms with E-state index in [0.717, 1.165) is 28.5 Å². The minimum Gasteiger partial charge on any atom is -0.384 e. The van der Waals surface area contributed by atoms with Gasteiger partial charge in [-0.1, -0.05) is 38.7 Å². The molecule has 1 N–H and O–H groups in total. The molecule has 2 nitrogen and oxygen atoms in total. The van der Waals surface area contributed by atoms with Gasteiger partial charge in [-0.05, 0) is 46.3 Å². The van der Waals surface area contributed by atoms with Crippen molar-refractivity contribution in [1.82, 2.24) is 0 Å². The van der Waals surface area contributed by atoms with Crippen LogP contribution in [0.25, 0.3) is 0 Å². The van der Waals surface area contributed by atoms with Gasteiger partial charge in [0.2, 0.25) is 0 Å². The highest BCUT2D eigenvalue weighted by Crippen LogP contribution is 2.30. The smallest absolute Gasteiger partial charge is 0.103 e. The number of nitriles is 1. The Morgan fingerprint density at radius 2 is 2.05 bits per heavy atom.